The van der Waals surface area contributed by atoms with Crippen molar-refractivity contribution in [3.63, 3.8) is 0 Å². The zero-order valence-corrected chi connectivity index (χ0v) is 18.5. The van der Waals surface area contributed by atoms with E-state index in [1.165, 1.54) is 0 Å². The maximum atomic E-state index is 12.8. The van der Waals surface area contributed by atoms with Crippen LogP contribution >= 0.6 is 0 Å². The number of anilines is 2. The van der Waals surface area contributed by atoms with Gasteiger partial charge in [-0.1, -0.05) is 12.1 Å². The molecule has 1 amide bonds. The van der Waals surface area contributed by atoms with Crippen LogP contribution in [-0.2, 0) is 0 Å². The third-order valence-corrected chi connectivity index (χ3v) is 5.51. The quantitative estimate of drug-likeness (QED) is 0.640. The Labute approximate surface area is 187 Å². The Balaban J connectivity index is 1.48. The van der Waals surface area contributed by atoms with Gasteiger partial charge in [-0.2, -0.15) is 0 Å². The fraction of sp³-hybridized carbons (Fsp3) is 0.292. The number of carbonyl (C=O) groups is 1. The van der Waals surface area contributed by atoms with Crippen LogP contribution in [0.5, 0.6) is 11.5 Å². The fourth-order valence-corrected chi connectivity index (χ4v) is 3.58. The number of ether oxygens (including phenoxy) is 2. The molecule has 1 aliphatic heterocycles. The van der Waals surface area contributed by atoms with E-state index in [4.69, 9.17) is 9.47 Å². The smallest absolute Gasteiger partial charge is 0.255 e. The highest BCUT2D eigenvalue weighted by atomic mass is 16.5. The molecule has 166 valence electrons. The molecule has 0 unspecified atom stereocenters. The standard InChI is InChI=1S/C24H27N5O3/c1-28-9-11-29(12-10-28)23-8-7-22(26-27-23)17-5-4-6-19(13-17)25-24(30)18-14-20(31-2)16-21(15-18)32-3/h4-8,13-16H,9-12H2,1-3H3,(H,25,30). The first-order valence-corrected chi connectivity index (χ1v) is 10.5. The van der Waals surface area contributed by atoms with E-state index in [1.807, 2.05) is 36.4 Å². The SMILES string of the molecule is COc1cc(OC)cc(C(=O)Nc2cccc(-c3ccc(N4CCN(C)CC4)nn3)c2)c1. The lowest BCUT2D eigenvalue weighted by Gasteiger charge is -2.32. The molecule has 4 rings (SSSR count). The molecule has 1 saturated heterocycles. The molecule has 2 heterocycles. The van der Waals surface area contributed by atoms with Gasteiger partial charge >= 0.3 is 0 Å². The summed E-state index contributed by atoms with van der Waals surface area (Å²) in [5.74, 6) is 1.74. The highest BCUT2D eigenvalue weighted by molar-refractivity contribution is 6.05. The van der Waals surface area contributed by atoms with Crippen molar-refractivity contribution >= 4 is 17.4 Å². The molecule has 1 aliphatic rings. The van der Waals surface area contributed by atoms with Gasteiger partial charge in [-0.15, -0.1) is 10.2 Å². The number of amides is 1. The number of likely N-dealkylation sites (N-methyl/N-ethyl adjacent to an activating group) is 1. The second-order valence-corrected chi connectivity index (χ2v) is 7.70. The molecule has 0 saturated carbocycles. The summed E-state index contributed by atoms with van der Waals surface area (Å²) in [6.07, 6.45) is 0. The third kappa shape index (κ3) is 4.97. The molecule has 1 fully saturated rings. The first kappa shape index (κ1) is 21.6. The number of nitrogens with one attached hydrogen (secondary N) is 1. The van der Waals surface area contributed by atoms with Crippen LogP contribution in [0.15, 0.2) is 54.6 Å². The first-order valence-electron chi connectivity index (χ1n) is 10.5. The van der Waals surface area contributed by atoms with E-state index >= 15 is 0 Å². The number of piperazine rings is 1. The molecule has 32 heavy (non-hydrogen) atoms. The van der Waals surface area contributed by atoms with Crippen LogP contribution in [0.2, 0.25) is 0 Å². The molecule has 3 aromatic rings. The molecule has 1 aromatic heterocycles. The fourth-order valence-electron chi connectivity index (χ4n) is 3.58. The normalized spacial score (nSPS) is 14.2. The lowest BCUT2D eigenvalue weighted by molar-refractivity contribution is 0.102. The largest absolute Gasteiger partial charge is 0.497 e. The van der Waals surface area contributed by atoms with E-state index < -0.39 is 0 Å². The van der Waals surface area contributed by atoms with Crippen molar-refractivity contribution in [2.24, 2.45) is 0 Å². The molecule has 8 nitrogen and oxygen atoms in total. The van der Waals surface area contributed by atoms with Crippen molar-refractivity contribution in [2.75, 3.05) is 57.7 Å². The van der Waals surface area contributed by atoms with E-state index in [9.17, 15) is 4.79 Å². The van der Waals surface area contributed by atoms with Crippen molar-refractivity contribution in [1.82, 2.24) is 15.1 Å². The summed E-state index contributed by atoms with van der Waals surface area (Å²) in [7, 11) is 5.23. The maximum absolute atomic E-state index is 12.8. The van der Waals surface area contributed by atoms with Crippen LogP contribution in [0.4, 0.5) is 11.5 Å². The molecule has 8 heteroatoms. The Morgan fingerprint density at radius 3 is 2.25 bits per heavy atom. The lowest BCUT2D eigenvalue weighted by atomic mass is 10.1. The van der Waals surface area contributed by atoms with Crippen LogP contribution in [0, 0.1) is 0 Å². The van der Waals surface area contributed by atoms with Gasteiger partial charge in [0.15, 0.2) is 5.82 Å². The Kier molecular flexibility index (Phi) is 6.51. The lowest BCUT2D eigenvalue weighted by Crippen LogP contribution is -2.44. The topological polar surface area (TPSA) is 79.8 Å². The molecule has 1 N–H and O–H groups in total. The van der Waals surface area contributed by atoms with E-state index in [0.717, 1.165) is 43.3 Å². The number of nitrogens with zero attached hydrogens (tertiary/aromatic N) is 4. The van der Waals surface area contributed by atoms with Gasteiger partial charge in [0.05, 0.1) is 19.9 Å². The molecule has 2 aromatic carbocycles. The van der Waals surface area contributed by atoms with Gasteiger partial charge in [0.2, 0.25) is 0 Å². The van der Waals surface area contributed by atoms with Gasteiger partial charge < -0.3 is 24.6 Å². The van der Waals surface area contributed by atoms with Crippen LogP contribution in [0.25, 0.3) is 11.3 Å². The molecule has 0 aliphatic carbocycles. The van der Waals surface area contributed by atoms with Crippen LogP contribution < -0.4 is 19.7 Å². The van der Waals surface area contributed by atoms with E-state index in [1.54, 1.807) is 32.4 Å². The van der Waals surface area contributed by atoms with Crippen LogP contribution in [0.3, 0.4) is 0 Å². The van der Waals surface area contributed by atoms with Gasteiger partial charge in [-0.3, -0.25) is 4.79 Å². The molecular weight excluding hydrogens is 406 g/mol. The minimum atomic E-state index is -0.254. The zero-order chi connectivity index (χ0) is 22.5. The van der Waals surface area contributed by atoms with Crippen molar-refractivity contribution in [1.29, 1.82) is 0 Å². The Morgan fingerprint density at radius 1 is 0.906 bits per heavy atom. The molecule has 0 spiro atoms. The van der Waals surface area contributed by atoms with Gasteiger partial charge in [-0.25, -0.2) is 0 Å². The van der Waals surface area contributed by atoms with E-state index in [-0.39, 0.29) is 5.91 Å². The minimum absolute atomic E-state index is 0.254. The highest BCUT2D eigenvalue weighted by Crippen LogP contribution is 2.25. The summed E-state index contributed by atoms with van der Waals surface area (Å²) < 4.78 is 10.5. The number of carbonyl (C=O) groups excluding carboxylic acids is 1. The van der Waals surface area contributed by atoms with Crippen LogP contribution in [-0.4, -0.2) is 68.5 Å². The molecule has 0 radical (unpaired) electrons. The molecule has 0 atom stereocenters. The Bertz CT molecular complexity index is 1060. The summed E-state index contributed by atoms with van der Waals surface area (Å²) in [4.78, 5) is 17.3. The second-order valence-electron chi connectivity index (χ2n) is 7.70. The van der Waals surface area contributed by atoms with Gasteiger partial charge in [-0.05, 0) is 43.4 Å². The highest BCUT2D eigenvalue weighted by Gasteiger charge is 2.16. The number of benzene rings is 2. The average molecular weight is 434 g/mol. The van der Waals surface area contributed by atoms with Crippen molar-refractivity contribution in [3.8, 4) is 22.8 Å². The average Bonchev–Trinajstić information content (AvgIpc) is 2.84. The minimum Gasteiger partial charge on any atom is -0.497 e. The molecular formula is C24H27N5O3. The maximum Gasteiger partial charge on any atom is 0.255 e. The number of hydrogen-bond acceptors (Lipinski definition) is 7. The van der Waals surface area contributed by atoms with E-state index in [0.29, 0.717) is 22.7 Å². The first-order chi connectivity index (χ1) is 15.6. The van der Waals surface area contributed by atoms with Crippen LogP contribution in [0.1, 0.15) is 10.4 Å². The van der Waals surface area contributed by atoms with Gasteiger partial charge in [0, 0.05) is 49.1 Å². The molecule has 0 bridgehead atoms. The van der Waals surface area contributed by atoms with Gasteiger partial charge in [0.1, 0.15) is 11.5 Å². The Morgan fingerprint density at radius 2 is 1.62 bits per heavy atom. The second kappa shape index (κ2) is 9.65. The summed E-state index contributed by atoms with van der Waals surface area (Å²) in [5.41, 5.74) is 2.74. The summed E-state index contributed by atoms with van der Waals surface area (Å²) in [6.45, 7) is 3.93. The Hall–Kier alpha value is -3.65. The number of rotatable bonds is 6. The number of aromatic nitrogens is 2. The predicted molar refractivity (Wildman–Crippen MR) is 125 cm³/mol. The predicted octanol–water partition coefficient (Wildman–Crippen LogP) is 3.16. The summed E-state index contributed by atoms with van der Waals surface area (Å²) in [6, 6.07) is 16.6. The summed E-state index contributed by atoms with van der Waals surface area (Å²) >= 11 is 0. The van der Waals surface area contributed by atoms with Crippen molar-refractivity contribution in [2.45, 2.75) is 0 Å². The van der Waals surface area contributed by atoms with E-state index in [2.05, 4.69) is 32.4 Å². The monoisotopic (exact) mass is 433 g/mol. The van der Waals surface area contributed by atoms with Gasteiger partial charge in [0.25, 0.3) is 5.91 Å². The van der Waals surface area contributed by atoms with Crippen molar-refractivity contribution in [3.05, 3.63) is 60.2 Å². The van der Waals surface area contributed by atoms with Crippen molar-refractivity contribution < 1.29 is 14.3 Å². The zero-order valence-electron chi connectivity index (χ0n) is 18.5. The number of methoxy groups -OCH3 is 2. The third-order valence-electron chi connectivity index (χ3n) is 5.51. The number of hydrogen-bond donors (Lipinski definition) is 1. The summed E-state index contributed by atoms with van der Waals surface area (Å²) in [5, 5.41) is 11.8.